The minimum absolute atomic E-state index is 0.127. The van der Waals surface area contributed by atoms with Crippen LogP contribution < -0.4 is 5.46 Å². The van der Waals surface area contributed by atoms with Crippen LogP contribution in [0.1, 0.15) is 5.56 Å². The third kappa shape index (κ3) is 2.09. The molecule has 1 aromatic rings. The monoisotopic (exact) mass is 209 g/mol. The van der Waals surface area contributed by atoms with Gasteiger partial charge in [-0.25, -0.2) is 0 Å². The Balaban J connectivity index is 3.29. The summed E-state index contributed by atoms with van der Waals surface area (Å²) < 4.78 is 36.6. The van der Waals surface area contributed by atoms with Gasteiger partial charge >= 0.3 is 6.98 Å². The summed E-state index contributed by atoms with van der Waals surface area (Å²) in [6, 6.07) is 1.60. The molecular formula is C7H6BClF3O-. The first-order chi connectivity index (χ1) is 5.82. The normalized spacial score (nSPS) is 11.8. The van der Waals surface area contributed by atoms with Crippen molar-refractivity contribution in [2.45, 2.75) is 6.92 Å². The molecule has 0 amide bonds. The molecule has 0 aromatic heterocycles. The van der Waals surface area contributed by atoms with E-state index in [9.17, 15) is 12.9 Å². The number of rotatable bonds is 1. The standard InChI is InChI=1S/C7H6BClF3O/c1-4-2-5(8(10,11)12)3-6(9)7(4)13/h2-3,13H,1H3/q-1. The largest absolute Gasteiger partial charge is 0.509 e. The summed E-state index contributed by atoms with van der Waals surface area (Å²) in [6.07, 6.45) is 0. The van der Waals surface area contributed by atoms with Gasteiger partial charge in [0.15, 0.2) is 0 Å². The number of phenols is 1. The highest BCUT2D eigenvalue weighted by Crippen LogP contribution is 2.26. The van der Waals surface area contributed by atoms with Gasteiger partial charge in [0.1, 0.15) is 5.75 Å². The first-order valence-corrected chi connectivity index (χ1v) is 3.89. The molecule has 1 nitrogen and oxygen atoms in total. The molecule has 0 saturated carbocycles. The molecule has 0 atom stereocenters. The van der Waals surface area contributed by atoms with E-state index < -0.39 is 12.4 Å². The molecule has 1 aromatic carbocycles. The van der Waals surface area contributed by atoms with Crippen molar-refractivity contribution in [3.63, 3.8) is 0 Å². The van der Waals surface area contributed by atoms with Crippen molar-refractivity contribution in [1.82, 2.24) is 0 Å². The van der Waals surface area contributed by atoms with Crippen molar-refractivity contribution in [3.8, 4) is 5.75 Å². The third-order valence-electron chi connectivity index (χ3n) is 1.65. The summed E-state index contributed by atoms with van der Waals surface area (Å²) in [6.45, 7) is -3.68. The summed E-state index contributed by atoms with van der Waals surface area (Å²) in [5.41, 5.74) is -0.665. The Hall–Kier alpha value is -0.835. The number of benzene rings is 1. The molecule has 0 unspecified atom stereocenters. The molecule has 0 radical (unpaired) electrons. The van der Waals surface area contributed by atoms with Crippen molar-refractivity contribution >= 4 is 24.0 Å². The van der Waals surface area contributed by atoms with Crippen molar-refractivity contribution in [1.29, 1.82) is 0 Å². The van der Waals surface area contributed by atoms with Crippen molar-refractivity contribution in [2.24, 2.45) is 0 Å². The van der Waals surface area contributed by atoms with Gasteiger partial charge in [0.25, 0.3) is 0 Å². The summed E-state index contributed by atoms with van der Waals surface area (Å²) in [4.78, 5) is 0. The summed E-state index contributed by atoms with van der Waals surface area (Å²) in [7, 11) is 0. The van der Waals surface area contributed by atoms with Crippen LogP contribution in [0.4, 0.5) is 12.9 Å². The molecule has 0 fully saturated rings. The molecule has 72 valence electrons. The minimum Gasteiger partial charge on any atom is -0.506 e. The van der Waals surface area contributed by atoms with Gasteiger partial charge in [0.2, 0.25) is 0 Å². The topological polar surface area (TPSA) is 20.2 Å². The Morgan fingerprint density at radius 2 is 1.85 bits per heavy atom. The van der Waals surface area contributed by atoms with E-state index in [2.05, 4.69) is 0 Å². The molecule has 1 rings (SSSR count). The number of aromatic hydroxyl groups is 1. The van der Waals surface area contributed by atoms with Crippen molar-refractivity contribution in [3.05, 3.63) is 22.7 Å². The smallest absolute Gasteiger partial charge is 0.506 e. The van der Waals surface area contributed by atoms with Gasteiger partial charge in [-0.05, 0) is 12.5 Å². The maximum Gasteiger partial charge on any atom is 0.509 e. The van der Waals surface area contributed by atoms with Gasteiger partial charge in [0.05, 0.1) is 5.02 Å². The lowest BCUT2D eigenvalue weighted by molar-refractivity contribution is 0.471. The molecule has 0 spiro atoms. The quantitative estimate of drug-likeness (QED) is 0.704. The zero-order valence-corrected chi connectivity index (χ0v) is 7.45. The Bertz CT molecular complexity index is 314. The molecule has 0 aliphatic rings. The van der Waals surface area contributed by atoms with Gasteiger partial charge < -0.3 is 18.1 Å². The van der Waals surface area contributed by atoms with Crippen LogP contribution in [0.3, 0.4) is 0 Å². The first-order valence-electron chi connectivity index (χ1n) is 3.51. The van der Waals surface area contributed by atoms with Crippen LogP contribution in [0.25, 0.3) is 0 Å². The van der Waals surface area contributed by atoms with Crippen molar-refractivity contribution in [2.75, 3.05) is 0 Å². The maximum absolute atomic E-state index is 12.2. The number of hydrogen-bond donors (Lipinski definition) is 1. The number of phenolic OH excluding ortho intramolecular Hbond substituents is 1. The highest BCUT2D eigenvalue weighted by Gasteiger charge is 2.26. The molecule has 6 heteroatoms. The highest BCUT2D eigenvalue weighted by molar-refractivity contribution is 6.73. The second kappa shape index (κ2) is 3.14. The number of aryl methyl sites for hydroxylation is 1. The lowest BCUT2D eigenvalue weighted by Gasteiger charge is -2.16. The Morgan fingerprint density at radius 3 is 2.23 bits per heavy atom. The van der Waals surface area contributed by atoms with Gasteiger partial charge in [-0.15, -0.1) is 5.46 Å². The van der Waals surface area contributed by atoms with Crippen LogP contribution >= 0.6 is 11.6 Å². The van der Waals surface area contributed by atoms with E-state index in [4.69, 9.17) is 16.7 Å². The van der Waals surface area contributed by atoms with E-state index in [1.165, 1.54) is 6.92 Å². The fourth-order valence-electron chi connectivity index (χ4n) is 0.952. The average Bonchev–Trinajstić information content (AvgIpc) is 1.97. The second-order valence-corrected chi connectivity index (χ2v) is 3.15. The van der Waals surface area contributed by atoms with Gasteiger partial charge in [0, 0.05) is 0 Å². The molecule has 0 aliphatic heterocycles. The number of halogens is 4. The molecule has 0 saturated heterocycles. The SMILES string of the molecule is Cc1cc([B-](F)(F)F)cc(Cl)c1O. The van der Waals surface area contributed by atoms with Crippen LogP contribution in [0.2, 0.25) is 5.02 Å². The summed E-state index contributed by atoms with van der Waals surface area (Å²) >= 11 is 5.39. The molecule has 0 heterocycles. The highest BCUT2D eigenvalue weighted by atomic mass is 35.5. The van der Waals surface area contributed by atoms with Crippen LogP contribution in [0.5, 0.6) is 5.75 Å². The minimum atomic E-state index is -5.05. The lowest BCUT2D eigenvalue weighted by atomic mass is 9.79. The van der Waals surface area contributed by atoms with Gasteiger partial charge in [-0.2, -0.15) is 0 Å². The third-order valence-corrected chi connectivity index (χ3v) is 1.94. The molecule has 0 bridgehead atoms. The zero-order chi connectivity index (χ0) is 10.2. The van der Waals surface area contributed by atoms with E-state index in [1.807, 2.05) is 0 Å². The van der Waals surface area contributed by atoms with Crippen LogP contribution in [-0.2, 0) is 0 Å². The van der Waals surface area contributed by atoms with Crippen LogP contribution in [0, 0.1) is 6.92 Å². The second-order valence-electron chi connectivity index (χ2n) is 2.74. The van der Waals surface area contributed by atoms with Crippen molar-refractivity contribution < 1.29 is 18.1 Å². The Labute approximate surface area is 78.2 Å². The van der Waals surface area contributed by atoms with E-state index >= 15 is 0 Å². The predicted octanol–water partition coefficient (Wildman–Crippen LogP) is 2.41. The Morgan fingerprint density at radius 1 is 1.31 bits per heavy atom. The van der Waals surface area contributed by atoms with E-state index in [0.29, 0.717) is 0 Å². The lowest BCUT2D eigenvalue weighted by Crippen LogP contribution is -2.34. The average molecular weight is 209 g/mol. The van der Waals surface area contributed by atoms with Crippen LogP contribution in [-0.4, -0.2) is 12.1 Å². The van der Waals surface area contributed by atoms with Gasteiger partial charge in [-0.3, -0.25) is 0 Å². The molecule has 0 aliphatic carbocycles. The maximum atomic E-state index is 12.2. The van der Waals surface area contributed by atoms with Gasteiger partial charge in [-0.1, -0.05) is 23.7 Å². The fourth-order valence-corrected chi connectivity index (χ4v) is 1.23. The van der Waals surface area contributed by atoms with E-state index in [1.54, 1.807) is 0 Å². The number of hydrogen-bond acceptors (Lipinski definition) is 1. The molecule has 13 heavy (non-hydrogen) atoms. The van der Waals surface area contributed by atoms with E-state index in [-0.39, 0.29) is 16.3 Å². The first kappa shape index (κ1) is 10.2. The summed E-state index contributed by atoms with van der Waals surface area (Å²) in [5, 5.41) is 8.83. The summed E-state index contributed by atoms with van der Waals surface area (Å²) in [5.74, 6) is -0.300. The van der Waals surface area contributed by atoms with E-state index in [0.717, 1.165) is 12.1 Å². The Kier molecular flexibility index (Phi) is 2.48. The predicted molar refractivity (Wildman–Crippen MR) is 46.6 cm³/mol. The van der Waals surface area contributed by atoms with Crippen LogP contribution in [0.15, 0.2) is 12.1 Å². The zero-order valence-electron chi connectivity index (χ0n) is 6.69. The fraction of sp³-hybridized carbons (Fsp3) is 0.143. The molecule has 1 N–H and O–H groups in total. The molecular weight excluding hydrogens is 203 g/mol.